The molecule has 162 valence electrons. The van der Waals surface area contributed by atoms with Crippen molar-refractivity contribution in [3.63, 3.8) is 0 Å². The number of benzene rings is 2. The van der Waals surface area contributed by atoms with Crippen LogP contribution in [-0.4, -0.2) is 43.0 Å². The molecule has 9 heteroatoms. The van der Waals surface area contributed by atoms with Crippen molar-refractivity contribution in [2.75, 3.05) is 18.8 Å². The average Bonchev–Trinajstić information content (AvgIpc) is 3.07. The summed E-state index contributed by atoms with van der Waals surface area (Å²) in [4.78, 5) is 35.6. The third kappa shape index (κ3) is 3.27. The molecule has 1 aliphatic rings. The molecular weight excluding hydrogens is 408 g/mol. The first-order valence-corrected chi connectivity index (χ1v) is 10.4. The van der Waals surface area contributed by atoms with Gasteiger partial charge in [0.2, 0.25) is 5.91 Å². The van der Waals surface area contributed by atoms with Crippen molar-refractivity contribution in [3.05, 3.63) is 71.4 Å². The van der Waals surface area contributed by atoms with Crippen LogP contribution in [0.25, 0.3) is 16.9 Å². The van der Waals surface area contributed by atoms with Crippen LogP contribution in [0.3, 0.4) is 0 Å². The number of amides is 1. The monoisotopic (exact) mass is 430 g/mol. The van der Waals surface area contributed by atoms with Crippen LogP contribution in [0.4, 0.5) is 5.82 Å². The number of hydrogen-bond acceptors (Lipinski definition) is 6. The maximum atomic E-state index is 13.5. The van der Waals surface area contributed by atoms with Crippen molar-refractivity contribution in [1.82, 2.24) is 24.0 Å². The maximum absolute atomic E-state index is 13.5. The third-order valence-electron chi connectivity index (χ3n) is 5.64. The molecule has 3 heterocycles. The Morgan fingerprint density at radius 2 is 1.75 bits per heavy atom. The first kappa shape index (κ1) is 19.8. The van der Waals surface area contributed by atoms with Crippen molar-refractivity contribution in [2.45, 2.75) is 19.4 Å². The van der Waals surface area contributed by atoms with Gasteiger partial charge in [-0.1, -0.05) is 25.1 Å². The highest BCUT2D eigenvalue weighted by Gasteiger charge is 2.35. The van der Waals surface area contributed by atoms with Crippen LogP contribution >= 0.6 is 0 Å². The Balaban J connectivity index is 1.53. The van der Waals surface area contributed by atoms with Crippen molar-refractivity contribution < 1.29 is 9.53 Å². The molecule has 4 aromatic rings. The van der Waals surface area contributed by atoms with Gasteiger partial charge in [0.15, 0.2) is 11.5 Å². The lowest BCUT2D eigenvalue weighted by Gasteiger charge is -2.39. The van der Waals surface area contributed by atoms with E-state index in [0.717, 1.165) is 5.75 Å². The minimum Gasteiger partial charge on any atom is -0.457 e. The van der Waals surface area contributed by atoms with E-state index < -0.39 is 0 Å². The number of hydrogen-bond donors (Lipinski definition) is 1. The van der Waals surface area contributed by atoms with Gasteiger partial charge in [-0.2, -0.15) is 0 Å². The molecule has 2 N–H and O–H groups in total. The Morgan fingerprint density at radius 1 is 1.06 bits per heavy atom. The Bertz CT molecular complexity index is 1340. The van der Waals surface area contributed by atoms with Gasteiger partial charge in [-0.3, -0.25) is 13.9 Å². The van der Waals surface area contributed by atoms with Gasteiger partial charge in [0.05, 0.1) is 11.7 Å². The molecule has 32 heavy (non-hydrogen) atoms. The molecule has 1 aliphatic heterocycles. The zero-order chi connectivity index (χ0) is 22.2. The maximum Gasteiger partial charge on any atom is 0.335 e. The van der Waals surface area contributed by atoms with Gasteiger partial charge in [-0.15, -0.1) is 0 Å². The number of aromatic nitrogens is 4. The van der Waals surface area contributed by atoms with Crippen molar-refractivity contribution >= 4 is 22.9 Å². The zero-order valence-electron chi connectivity index (χ0n) is 17.5. The minimum atomic E-state index is -0.266. The lowest BCUT2D eigenvalue weighted by molar-refractivity contribution is -0.136. The van der Waals surface area contributed by atoms with E-state index in [1.807, 2.05) is 37.3 Å². The van der Waals surface area contributed by atoms with Crippen LogP contribution in [0.1, 0.15) is 19.4 Å². The predicted molar refractivity (Wildman–Crippen MR) is 120 cm³/mol. The second-order valence-corrected chi connectivity index (χ2v) is 7.63. The van der Waals surface area contributed by atoms with Gasteiger partial charge in [0, 0.05) is 19.5 Å². The number of likely N-dealkylation sites (tertiary alicyclic amines) is 1. The van der Waals surface area contributed by atoms with Crippen molar-refractivity contribution in [1.29, 1.82) is 0 Å². The van der Waals surface area contributed by atoms with E-state index in [1.54, 1.807) is 33.7 Å². The topological polar surface area (TPSA) is 108 Å². The molecule has 1 fully saturated rings. The fourth-order valence-electron chi connectivity index (χ4n) is 3.97. The number of ether oxygens (including phenoxy) is 1. The highest BCUT2D eigenvalue weighted by Crippen LogP contribution is 2.28. The predicted octanol–water partition coefficient (Wildman–Crippen LogP) is 2.75. The molecule has 5 rings (SSSR count). The molecule has 2 aromatic carbocycles. The fourth-order valence-corrected chi connectivity index (χ4v) is 3.97. The van der Waals surface area contributed by atoms with E-state index in [-0.39, 0.29) is 23.5 Å². The Morgan fingerprint density at radius 3 is 2.44 bits per heavy atom. The Hall–Kier alpha value is -4.14. The van der Waals surface area contributed by atoms with Gasteiger partial charge in [0.1, 0.15) is 23.3 Å². The van der Waals surface area contributed by atoms with Gasteiger partial charge < -0.3 is 15.4 Å². The average molecular weight is 430 g/mol. The van der Waals surface area contributed by atoms with E-state index in [1.165, 1.54) is 10.9 Å². The van der Waals surface area contributed by atoms with Gasteiger partial charge in [0.25, 0.3) is 0 Å². The van der Waals surface area contributed by atoms with Crippen LogP contribution < -0.4 is 16.2 Å². The second kappa shape index (κ2) is 7.84. The molecule has 0 atom stereocenters. The highest BCUT2D eigenvalue weighted by molar-refractivity contribution is 5.84. The number of nitrogens with zero attached hydrogens (tertiary/aromatic N) is 5. The molecule has 0 unspecified atom stereocenters. The molecule has 0 radical (unpaired) electrons. The molecule has 0 saturated carbocycles. The summed E-state index contributed by atoms with van der Waals surface area (Å²) < 4.78 is 8.97. The smallest absolute Gasteiger partial charge is 0.335 e. The number of imidazole rings is 1. The number of nitrogens with two attached hydrogens (primary N) is 1. The SMILES string of the molecule is CCC(=O)N1CC(n2c(=O)n(-c3ccc(Oc4ccccc4)cc3)c3c(N)ncnc32)C1. The highest BCUT2D eigenvalue weighted by atomic mass is 16.5. The van der Waals surface area contributed by atoms with E-state index in [4.69, 9.17) is 10.5 Å². The Kier molecular flexibility index (Phi) is 4.85. The molecule has 2 aromatic heterocycles. The summed E-state index contributed by atoms with van der Waals surface area (Å²) in [5.74, 6) is 1.66. The summed E-state index contributed by atoms with van der Waals surface area (Å²) in [5, 5.41) is 0. The van der Waals surface area contributed by atoms with E-state index in [0.29, 0.717) is 42.1 Å². The van der Waals surface area contributed by atoms with Crippen LogP contribution in [0.2, 0.25) is 0 Å². The zero-order valence-corrected chi connectivity index (χ0v) is 17.5. The summed E-state index contributed by atoms with van der Waals surface area (Å²) in [6, 6.07) is 16.5. The standard InChI is InChI=1S/C23H22N6O3/c1-2-19(30)27-12-16(13-27)29-22-20(21(24)25-14-26-22)28(23(29)31)15-8-10-18(11-9-15)32-17-6-4-3-5-7-17/h3-11,14,16H,2,12-13H2,1H3,(H2,24,25,26). The number of nitrogen functional groups attached to an aromatic ring is 1. The summed E-state index contributed by atoms with van der Waals surface area (Å²) in [5.41, 5.74) is 7.42. The van der Waals surface area contributed by atoms with E-state index in [2.05, 4.69) is 9.97 Å². The first-order valence-electron chi connectivity index (χ1n) is 10.4. The molecular formula is C23H22N6O3. The fraction of sp³-hybridized carbons (Fsp3) is 0.217. The molecule has 0 bridgehead atoms. The normalized spacial score (nSPS) is 13.8. The van der Waals surface area contributed by atoms with Crippen LogP contribution in [0.5, 0.6) is 11.5 Å². The van der Waals surface area contributed by atoms with E-state index >= 15 is 0 Å². The van der Waals surface area contributed by atoms with Crippen LogP contribution in [0.15, 0.2) is 65.7 Å². The number of carbonyl (C=O) groups is 1. The largest absolute Gasteiger partial charge is 0.457 e. The van der Waals surface area contributed by atoms with Crippen molar-refractivity contribution in [3.8, 4) is 17.2 Å². The summed E-state index contributed by atoms with van der Waals surface area (Å²) in [7, 11) is 0. The number of para-hydroxylation sites is 1. The number of rotatable bonds is 5. The third-order valence-corrected chi connectivity index (χ3v) is 5.64. The molecule has 1 saturated heterocycles. The quantitative estimate of drug-likeness (QED) is 0.522. The van der Waals surface area contributed by atoms with Crippen LogP contribution in [0, 0.1) is 0 Å². The van der Waals surface area contributed by atoms with E-state index in [9.17, 15) is 9.59 Å². The lowest BCUT2D eigenvalue weighted by atomic mass is 10.1. The van der Waals surface area contributed by atoms with Crippen LogP contribution in [-0.2, 0) is 4.79 Å². The Labute approximate surface area is 183 Å². The molecule has 9 nitrogen and oxygen atoms in total. The lowest BCUT2D eigenvalue weighted by Crippen LogP contribution is -2.52. The van der Waals surface area contributed by atoms with Gasteiger partial charge in [-0.05, 0) is 36.4 Å². The first-order chi connectivity index (χ1) is 15.6. The summed E-state index contributed by atoms with van der Waals surface area (Å²) in [6.07, 6.45) is 1.79. The number of carbonyl (C=O) groups excluding carboxylic acids is 1. The second-order valence-electron chi connectivity index (χ2n) is 7.63. The molecule has 1 amide bonds. The summed E-state index contributed by atoms with van der Waals surface area (Å²) in [6.45, 7) is 2.77. The number of fused-ring (bicyclic) bond motifs is 1. The van der Waals surface area contributed by atoms with Crippen molar-refractivity contribution in [2.24, 2.45) is 0 Å². The number of anilines is 1. The summed E-state index contributed by atoms with van der Waals surface area (Å²) >= 11 is 0. The minimum absolute atomic E-state index is 0.0705. The van der Waals surface area contributed by atoms with Gasteiger partial charge >= 0.3 is 5.69 Å². The van der Waals surface area contributed by atoms with Gasteiger partial charge in [-0.25, -0.2) is 14.8 Å². The molecule has 0 aliphatic carbocycles. The molecule has 0 spiro atoms.